The molecule has 1 amide bonds. The third-order valence-corrected chi connectivity index (χ3v) is 3.68. The lowest BCUT2D eigenvalue weighted by molar-refractivity contribution is -0.136. The number of likely N-dealkylation sites (tertiary alicyclic amines) is 1. The van der Waals surface area contributed by atoms with Crippen molar-refractivity contribution in [1.82, 2.24) is 15.2 Å². The van der Waals surface area contributed by atoms with E-state index in [4.69, 9.17) is 9.47 Å². The van der Waals surface area contributed by atoms with E-state index in [0.29, 0.717) is 18.5 Å². The first-order chi connectivity index (χ1) is 10.2. The van der Waals surface area contributed by atoms with Crippen LogP contribution in [0.25, 0.3) is 0 Å². The molecule has 0 saturated carbocycles. The van der Waals surface area contributed by atoms with Crippen LogP contribution in [0.1, 0.15) is 18.5 Å². The van der Waals surface area contributed by atoms with E-state index in [1.165, 1.54) is 0 Å². The van der Waals surface area contributed by atoms with Gasteiger partial charge in [-0.05, 0) is 18.9 Å². The number of amides is 1. The van der Waals surface area contributed by atoms with Gasteiger partial charge in [0.05, 0.1) is 12.8 Å². The zero-order valence-corrected chi connectivity index (χ0v) is 12.7. The lowest BCUT2D eigenvalue weighted by Crippen LogP contribution is -2.45. The van der Waals surface area contributed by atoms with Crippen molar-refractivity contribution in [2.45, 2.75) is 25.4 Å². The second kappa shape index (κ2) is 7.95. The lowest BCUT2D eigenvalue weighted by Gasteiger charge is -2.32. The van der Waals surface area contributed by atoms with Gasteiger partial charge in [-0.1, -0.05) is 6.07 Å². The number of nitrogens with zero attached hydrogens (tertiary/aromatic N) is 2. The molecule has 0 aromatic carbocycles. The van der Waals surface area contributed by atoms with Crippen LogP contribution in [0.5, 0.6) is 5.88 Å². The molecular formula is C15H23N3O3. The first-order valence-electron chi connectivity index (χ1n) is 7.23. The van der Waals surface area contributed by atoms with Gasteiger partial charge >= 0.3 is 0 Å². The van der Waals surface area contributed by atoms with Gasteiger partial charge in [-0.3, -0.25) is 4.79 Å². The van der Waals surface area contributed by atoms with Crippen LogP contribution in [0.3, 0.4) is 0 Å². The Morgan fingerprint density at radius 3 is 2.81 bits per heavy atom. The van der Waals surface area contributed by atoms with Gasteiger partial charge < -0.3 is 19.7 Å². The van der Waals surface area contributed by atoms with Crippen LogP contribution >= 0.6 is 0 Å². The highest BCUT2D eigenvalue weighted by Crippen LogP contribution is 2.12. The molecule has 116 valence electrons. The molecule has 0 spiro atoms. The predicted octanol–water partition coefficient (Wildman–Crippen LogP) is 0.817. The van der Waals surface area contributed by atoms with Crippen molar-refractivity contribution in [2.24, 2.45) is 0 Å². The van der Waals surface area contributed by atoms with E-state index in [2.05, 4.69) is 10.3 Å². The van der Waals surface area contributed by atoms with Gasteiger partial charge in [0.2, 0.25) is 11.8 Å². The topological polar surface area (TPSA) is 63.7 Å². The predicted molar refractivity (Wildman–Crippen MR) is 79.1 cm³/mol. The van der Waals surface area contributed by atoms with Crippen molar-refractivity contribution in [3.63, 3.8) is 0 Å². The van der Waals surface area contributed by atoms with E-state index in [0.717, 1.165) is 31.6 Å². The first-order valence-corrected chi connectivity index (χ1v) is 7.23. The molecule has 21 heavy (non-hydrogen) atoms. The number of piperidine rings is 1. The van der Waals surface area contributed by atoms with Crippen molar-refractivity contribution >= 4 is 5.91 Å². The summed E-state index contributed by atoms with van der Waals surface area (Å²) in [6, 6.07) is 6.18. The number of carbonyl (C=O) groups excluding carboxylic acids is 1. The highest BCUT2D eigenvalue weighted by molar-refractivity contribution is 5.77. The summed E-state index contributed by atoms with van der Waals surface area (Å²) < 4.78 is 10.00. The molecule has 2 rings (SSSR count). The van der Waals surface area contributed by atoms with Crippen LogP contribution < -0.4 is 10.1 Å². The monoisotopic (exact) mass is 293 g/mol. The van der Waals surface area contributed by atoms with Crippen LogP contribution in [-0.2, 0) is 16.1 Å². The van der Waals surface area contributed by atoms with Crippen molar-refractivity contribution < 1.29 is 14.3 Å². The van der Waals surface area contributed by atoms with E-state index in [1.54, 1.807) is 14.2 Å². The molecule has 0 unspecified atom stereocenters. The molecule has 1 fully saturated rings. The number of ether oxygens (including phenoxy) is 2. The van der Waals surface area contributed by atoms with Gasteiger partial charge in [-0.25, -0.2) is 4.98 Å². The summed E-state index contributed by atoms with van der Waals surface area (Å²) >= 11 is 0. The molecule has 1 saturated heterocycles. The quantitative estimate of drug-likeness (QED) is 0.841. The maximum atomic E-state index is 11.7. The summed E-state index contributed by atoms with van der Waals surface area (Å²) in [5.41, 5.74) is 0.965. The van der Waals surface area contributed by atoms with E-state index >= 15 is 0 Å². The van der Waals surface area contributed by atoms with Crippen LogP contribution in [0, 0.1) is 0 Å². The number of hydrogen-bond donors (Lipinski definition) is 1. The highest BCUT2D eigenvalue weighted by Gasteiger charge is 2.22. The Morgan fingerprint density at radius 2 is 2.14 bits per heavy atom. The number of pyridine rings is 1. The zero-order valence-electron chi connectivity index (χ0n) is 12.7. The number of hydrogen-bond acceptors (Lipinski definition) is 5. The number of nitrogens with one attached hydrogen (secondary N) is 1. The minimum absolute atomic E-state index is 0.0745. The van der Waals surface area contributed by atoms with Crippen LogP contribution in [0.2, 0.25) is 0 Å². The van der Waals surface area contributed by atoms with Crippen molar-refractivity contribution in [2.75, 3.05) is 33.9 Å². The molecule has 6 nitrogen and oxygen atoms in total. The molecule has 0 aliphatic carbocycles. The van der Waals surface area contributed by atoms with Gasteiger partial charge in [0, 0.05) is 38.9 Å². The maximum absolute atomic E-state index is 11.7. The lowest BCUT2D eigenvalue weighted by atomic mass is 10.0. The normalized spacial score (nSPS) is 16.0. The molecule has 1 aromatic rings. The Morgan fingerprint density at radius 1 is 1.38 bits per heavy atom. The molecule has 0 radical (unpaired) electrons. The summed E-state index contributed by atoms with van der Waals surface area (Å²) in [6.45, 7) is 2.45. The Balaban J connectivity index is 1.74. The molecule has 0 atom stereocenters. The summed E-state index contributed by atoms with van der Waals surface area (Å²) in [6.07, 6.45) is 1.92. The van der Waals surface area contributed by atoms with Crippen molar-refractivity contribution in [3.8, 4) is 5.88 Å². The second-order valence-corrected chi connectivity index (χ2v) is 5.14. The number of carbonyl (C=O) groups is 1. The van der Waals surface area contributed by atoms with Crippen LogP contribution in [0.4, 0.5) is 0 Å². The number of rotatable bonds is 6. The number of methoxy groups -OCH3 is 2. The molecule has 0 bridgehead atoms. The fourth-order valence-electron chi connectivity index (χ4n) is 2.47. The molecule has 2 heterocycles. The molecule has 1 N–H and O–H groups in total. The molecule has 1 aliphatic heterocycles. The van der Waals surface area contributed by atoms with Crippen LogP contribution in [0.15, 0.2) is 18.2 Å². The first kappa shape index (κ1) is 15.7. The van der Waals surface area contributed by atoms with Crippen molar-refractivity contribution in [3.05, 3.63) is 23.9 Å². The third-order valence-electron chi connectivity index (χ3n) is 3.68. The van der Waals surface area contributed by atoms with E-state index in [9.17, 15) is 4.79 Å². The average molecular weight is 293 g/mol. The molecule has 1 aliphatic rings. The molecule has 6 heteroatoms. The van der Waals surface area contributed by atoms with Gasteiger partial charge in [-0.15, -0.1) is 0 Å². The van der Waals surface area contributed by atoms with Gasteiger partial charge in [0.15, 0.2) is 0 Å². The Kier molecular flexibility index (Phi) is 5.95. The average Bonchev–Trinajstić information content (AvgIpc) is 2.54. The Hall–Kier alpha value is -1.66. The largest absolute Gasteiger partial charge is 0.481 e. The molecular weight excluding hydrogens is 270 g/mol. The van der Waals surface area contributed by atoms with Gasteiger partial charge in [0.1, 0.15) is 6.61 Å². The summed E-state index contributed by atoms with van der Waals surface area (Å²) in [5.74, 6) is 0.708. The van der Waals surface area contributed by atoms with Crippen molar-refractivity contribution in [1.29, 1.82) is 0 Å². The Labute approximate surface area is 125 Å². The number of aromatic nitrogens is 1. The molecule has 1 aromatic heterocycles. The smallest absolute Gasteiger partial charge is 0.248 e. The van der Waals surface area contributed by atoms with Gasteiger partial charge in [0.25, 0.3) is 0 Å². The fraction of sp³-hybridized carbons (Fsp3) is 0.600. The summed E-state index contributed by atoms with van der Waals surface area (Å²) in [5, 5.41) is 3.49. The Bertz CT molecular complexity index is 459. The SMILES string of the molecule is COCC(=O)N1CCC(NCc2cccc(OC)n2)CC1. The van der Waals surface area contributed by atoms with E-state index in [1.807, 2.05) is 23.1 Å². The minimum atomic E-state index is 0.0745. The standard InChI is InChI=1S/C15H23N3O3/c1-20-11-15(19)18-8-6-12(7-9-18)16-10-13-4-3-5-14(17-13)21-2/h3-5,12,16H,6-11H2,1-2H3. The summed E-state index contributed by atoms with van der Waals surface area (Å²) in [7, 11) is 3.17. The third kappa shape index (κ3) is 4.68. The minimum Gasteiger partial charge on any atom is -0.481 e. The second-order valence-electron chi connectivity index (χ2n) is 5.14. The zero-order chi connectivity index (χ0) is 15.1. The van der Waals surface area contributed by atoms with Gasteiger partial charge in [-0.2, -0.15) is 0 Å². The van der Waals surface area contributed by atoms with E-state index in [-0.39, 0.29) is 12.5 Å². The highest BCUT2D eigenvalue weighted by atomic mass is 16.5. The van der Waals surface area contributed by atoms with Crippen LogP contribution in [-0.4, -0.2) is 55.7 Å². The summed E-state index contributed by atoms with van der Waals surface area (Å²) in [4.78, 5) is 18.0. The van der Waals surface area contributed by atoms with E-state index < -0.39 is 0 Å². The fourth-order valence-corrected chi connectivity index (χ4v) is 2.47. The maximum Gasteiger partial charge on any atom is 0.248 e.